The second kappa shape index (κ2) is 5.45. The lowest BCUT2D eigenvalue weighted by Gasteiger charge is -2.21. The maximum Gasteiger partial charge on any atom is 0.224 e. The molecule has 0 unspecified atom stereocenters. The maximum atomic E-state index is 11.9. The summed E-state index contributed by atoms with van der Waals surface area (Å²) in [5.41, 5.74) is 1.38. The Morgan fingerprint density at radius 3 is 2.84 bits per heavy atom. The summed E-state index contributed by atoms with van der Waals surface area (Å²) in [6.45, 7) is 4.31. The molecule has 1 heterocycles. The first kappa shape index (κ1) is 13.6. The third kappa shape index (κ3) is 3.35. The van der Waals surface area contributed by atoms with E-state index in [0.29, 0.717) is 13.0 Å². The Morgan fingerprint density at radius 1 is 1.37 bits per heavy atom. The molecular weight excluding hydrogens is 242 g/mol. The fourth-order valence-corrected chi connectivity index (χ4v) is 1.80. The third-order valence-corrected chi connectivity index (χ3v) is 3.10. The van der Waals surface area contributed by atoms with E-state index in [0.717, 1.165) is 16.5 Å². The summed E-state index contributed by atoms with van der Waals surface area (Å²) in [5.74, 6) is -0.0620. The van der Waals surface area contributed by atoms with E-state index in [1.165, 1.54) is 0 Å². The average Bonchev–Trinajstić information content (AvgIpc) is 2.80. The summed E-state index contributed by atoms with van der Waals surface area (Å²) in [6, 6.07) is 7.65. The zero-order valence-electron chi connectivity index (χ0n) is 11.3. The van der Waals surface area contributed by atoms with Gasteiger partial charge in [0.05, 0.1) is 12.7 Å². The van der Waals surface area contributed by atoms with Crippen LogP contribution in [0.1, 0.15) is 19.4 Å². The number of aliphatic hydroxyl groups excluding tert-OH is 1. The van der Waals surface area contributed by atoms with Gasteiger partial charge in [-0.15, -0.1) is 0 Å². The lowest BCUT2D eigenvalue weighted by Crippen LogP contribution is -2.36. The molecule has 0 atom stereocenters. The van der Waals surface area contributed by atoms with Crippen LogP contribution in [0.25, 0.3) is 11.0 Å². The molecular formula is C15H19NO3. The lowest BCUT2D eigenvalue weighted by atomic mass is 9.95. The molecule has 0 aliphatic rings. The molecule has 1 aromatic heterocycles. The summed E-state index contributed by atoms with van der Waals surface area (Å²) in [4.78, 5) is 11.9. The van der Waals surface area contributed by atoms with Crippen molar-refractivity contribution in [3.8, 4) is 0 Å². The van der Waals surface area contributed by atoms with Crippen LogP contribution in [0.3, 0.4) is 0 Å². The van der Waals surface area contributed by atoms with E-state index in [1.807, 2.05) is 38.1 Å². The number of benzene rings is 1. The van der Waals surface area contributed by atoms with E-state index in [9.17, 15) is 4.79 Å². The highest BCUT2D eigenvalue weighted by molar-refractivity contribution is 5.87. The molecule has 2 rings (SSSR count). The highest BCUT2D eigenvalue weighted by atomic mass is 16.3. The first-order valence-electron chi connectivity index (χ1n) is 6.34. The zero-order chi connectivity index (χ0) is 13.9. The largest absolute Gasteiger partial charge is 0.464 e. The number of furan rings is 1. The molecule has 1 amide bonds. The number of para-hydroxylation sites is 1. The molecule has 102 valence electrons. The number of hydrogen-bond acceptors (Lipinski definition) is 3. The summed E-state index contributed by atoms with van der Waals surface area (Å²) in [7, 11) is 0. The maximum absolute atomic E-state index is 11.9. The van der Waals surface area contributed by atoms with Crippen molar-refractivity contribution in [3.63, 3.8) is 0 Å². The number of aliphatic hydroxyl groups is 1. The Bertz CT molecular complexity index is 572. The van der Waals surface area contributed by atoms with Crippen LogP contribution < -0.4 is 5.32 Å². The summed E-state index contributed by atoms with van der Waals surface area (Å²) in [6.07, 6.45) is 1.92. The SMILES string of the molecule is CC(C)(CO)CNC(=O)Cc1coc2ccccc12. The van der Waals surface area contributed by atoms with Gasteiger partial charge in [0, 0.05) is 29.5 Å². The van der Waals surface area contributed by atoms with Gasteiger partial charge in [-0.1, -0.05) is 32.0 Å². The van der Waals surface area contributed by atoms with E-state index in [2.05, 4.69) is 5.32 Å². The van der Waals surface area contributed by atoms with Gasteiger partial charge in [0.2, 0.25) is 5.91 Å². The number of hydrogen-bond donors (Lipinski definition) is 2. The van der Waals surface area contributed by atoms with Crippen molar-refractivity contribution in [2.24, 2.45) is 5.41 Å². The van der Waals surface area contributed by atoms with Crippen molar-refractivity contribution >= 4 is 16.9 Å². The predicted molar refractivity (Wildman–Crippen MR) is 73.8 cm³/mol. The number of nitrogens with one attached hydrogen (secondary N) is 1. The third-order valence-electron chi connectivity index (χ3n) is 3.10. The molecule has 0 saturated carbocycles. The molecule has 0 bridgehead atoms. The van der Waals surface area contributed by atoms with Gasteiger partial charge in [0.15, 0.2) is 0 Å². The zero-order valence-corrected chi connectivity index (χ0v) is 11.3. The van der Waals surface area contributed by atoms with Crippen molar-refractivity contribution < 1.29 is 14.3 Å². The molecule has 19 heavy (non-hydrogen) atoms. The Balaban J connectivity index is 1.99. The van der Waals surface area contributed by atoms with E-state index in [1.54, 1.807) is 6.26 Å². The first-order valence-corrected chi connectivity index (χ1v) is 6.34. The molecule has 0 spiro atoms. The quantitative estimate of drug-likeness (QED) is 0.866. The average molecular weight is 261 g/mol. The molecule has 2 aromatic rings. The Kier molecular flexibility index (Phi) is 3.90. The Labute approximate surface area is 112 Å². The van der Waals surface area contributed by atoms with Crippen molar-refractivity contribution in [3.05, 3.63) is 36.1 Å². The minimum atomic E-state index is -0.297. The first-order chi connectivity index (χ1) is 9.02. The predicted octanol–water partition coefficient (Wildman–Crippen LogP) is 2.11. The number of carbonyl (C=O) groups is 1. The summed E-state index contributed by atoms with van der Waals surface area (Å²) >= 11 is 0. The Morgan fingerprint density at radius 2 is 2.11 bits per heavy atom. The smallest absolute Gasteiger partial charge is 0.224 e. The van der Waals surface area contributed by atoms with Crippen LogP contribution in [0.15, 0.2) is 34.9 Å². The van der Waals surface area contributed by atoms with Gasteiger partial charge in [0.25, 0.3) is 0 Å². The highest BCUT2D eigenvalue weighted by Gasteiger charge is 2.18. The number of fused-ring (bicyclic) bond motifs is 1. The van der Waals surface area contributed by atoms with Gasteiger partial charge in [0.1, 0.15) is 5.58 Å². The van der Waals surface area contributed by atoms with E-state index >= 15 is 0 Å². The van der Waals surface area contributed by atoms with E-state index < -0.39 is 0 Å². The normalized spacial score (nSPS) is 11.7. The number of carbonyl (C=O) groups excluding carboxylic acids is 1. The number of rotatable bonds is 5. The molecule has 0 saturated heterocycles. The van der Waals surface area contributed by atoms with Crippen LogP contribution in [-0.4, -0.2) is 24.2 Å². The minimum absolute atomic E-state index is 0.0436. The van der Waals surface area contributed by atoms with Crippen LogP contribution in [0, 0.1) is 5.41 Å². The van der Waals surface area contributed by atoms with Crippen LogP contribution in [0.2, 0.25) is 0 Å². The second-order valence-electron chi connectivity index (χ2n) is 5.53. The molecule has 0 aliphatic heterocycles. The van der Waals surface area contributed by atoms with Gasteiger partial charge >= 0.3 is 0 Å². The second-order valence-corrected chi connectivity index (χ2v) is 5.53. The van der Waals surface area contributed by atoms with E-state index in [4.69, 9.17) is 9.52 Å². The van der Waals surface area contributed by atoms with E-state index in [-0.39, 0.29) is 17.9 Å². The monoisotopic (exact) mass is 261 g/mol. The topological polar surface area (TPSA) is 62.5 Å². The molecule has 0 fully saturated rings. The summed E-state index contributed by atoms with van der Waals surface area (Å²) in [5, 5.41) is 12.9. The molecule has 2 N–H and O–H groups in total. The van der Waals surface area contributed by atoms with Gasteiger partial charge in [-0.3, -0.25) is 4.79 Å². The van der Waals surface area contributed by atoms with Crippen molar-refractivity contribution in [2.75, 3.05) is 13.2 Å². The highest BCUT2D eigenvalue weighted by Crippen LogP contribution is 2.21. The fourth-order valence-electron chi connectivity index (χ4n) is 1.80. The molecule has 1 aromatic carbocycles. The van der Waals surface area contributed by atoms with Gasteiger partial charge in [-0.2, -0.15) is 0 Å². The van der Waals surface area contributed by atoms with Gasteiger partial charge < -0.3 is 14.8 Å². The van der Waals surface area contributed by atoms with Crippen LogP contribution >= 0.6 is 0 Å². The van der Waals surface area contributed by atoms with Gasteiger partial charge in [-0.25, -0.2) is 0 Å². The number of amides is 1. The Hall–Kier alpha value is -1.81. The van der Waals surface area contributed by atoms with Crippen molar-refractivity contribution in [2.45, 2.75) is 20.3 Å². The summed E-state index contributed by atoms with van der Waals surface area (Å²) < 4.78 is 5.40. The van der Waals surface area contributed by atoms with Gasteiger partial charge in [-0.05, 0) is 6.07 Å². The van der Waals surface area contributed by atoms with Crippen molar-refractivity contribution in [1.29, 1.82) is 0 Å². The fraction of sp³-hybridized carbons (Fsp3) is 0.400. The molecule has 0 radical (unpaired) electrons. The van der Waals surface area contributed by atoms with Crippen LogP contribution in [0.4, 0.5) is 0 Å². The van der Waals surface area contributed by atoms with Crippen LogP contribution in [0.5, 0.6) is 0 Å². The van der Waals surface area contributed by atoms with Crippen molar-refractivity contribution in [1.82, 2.24) is 5.32 Å². The standard InChI is InChI=1S/C15H19NO3/c1-15(2,10-17)9-16-14(18)7-11-8-19-13-6-4-3-5-12(11)13/h3-6,8,17H,7,9-10H2,1-2H3,(H,16,18). The minimum Gasteiger partial charge on any atom is -0.464 e. The molecule has 4 nitrogen and oxygen atoms in total. The molecule has 0 aliphatic carbocycles. The lowest BCUT2D eigenvalue weighted by molar-refractivity contribution is -0.121. The van der Waals surface area contributed by atoms with Crippen LogP contribution in [-0.2, 0) is 11.2 Å². The molecule has 4 heteroatoms.